The van der Waals surface area contributed by atoms with Crippen molar-refractivity contribution in [3.8, 4) is 5.75 Å². The number of hydrogen-bond acceptors (Lipinski definition) is 7. The third-order valence-corrected chi connectivity index (χ3v) is 4.73. The molecule has 1 amide bonds. The Morgan fingerprint density at radius 1 is 1.20 bits per heavy atom. The molecule has 0 aliphatic carbocycles. The molecular weight excluding hydrogens is 390 g/mol. The fraction of sp³-hybridized carbons (Fsp3) is 0.318. The van der Waals surface area contributed by atoms with Crippen LogP contribution in [-0.2, 0) is 22.6 Å². The summed E-state index contributed by atoms with van der Waals surface area (Å²) in [6.45, 7) is 5.25. The molecule has 0 saturated heterocycles. The van der Waals surface area contributed by atoms with Gasteiger partial charge < -0.3 is 24.0 Å². The van der Waals surface area contributed by atoms with E-state index < -0.39 is 23.5 Å². The van der Waals surface area contributed by atoms with E-state index in [2.05, 4.69) is 5.32 Å². The highest BCUT2D eigenvalue weighted by molar-refractivity contribution is 5.94. The summed E-state index contributed by atoms with van der Waals surface area (Å²) < 4.78 is 15.6. The van der Waals surface area contributed by atoms with Crippen molar-refractivity contribution in [3.63, 3.8) is 0 Å². The summed E-state index contributed by atoms with van der Waals surface area (Å²) in [7, 11) is 0. The molecule has 0 saturated carbocycles. The smallest absolute Gasteiger partial charge is 0.336 e. The molecular formula is C22H23NO7. The SMILES string of the molecule is CCc1cc2c(COC(=O)[C@@H](NC(=O)c3ccco3)C(C)C)cc(=O)oc2cc1O. The Hall–Kier alpha value is -3.55. The van der Waals surface area contributed by atoms with Gasteiger partial charge in [0.25, 0.3) is 5.91 Å². The zero-order valence-electron chi connectivity index (χ0n) is 16.9. The number of phenols is 1. The number of esters is 1. The summed E-state index contributed by atoms with van der Waals surface area (Å²) in [6, 6.07) is 6.50. The van der Waals surface area contributed by atoms with Crippen molar-refractivity contribution in [2.45, 2.75) is 39.8 Å². The lowest BCUT2D eigenvalue weighted by Gasteiger charge is -2.20. The van der Waals surface area contributed by atoms with Crippen molar-refractivity contribution >= 4 is 22.8 Å². The van der Waals surface area contributed by atoms with Gasteiger partial charge in [0.1, 0.15) is 24.0 Å². The standard InChI is InChI=1S/C22H23NO7/c1-4-13-8-15-14(9-19(25)30-18(15)10-16(13)24)11-29-22(27)20(12(2)3)23-21(26)17-6-5-7-28-17/h5-10,12,20,24H,4,11H2,1-3H3,(H,23,26)/t20-/m0/s1. The molecule has 3 rings (SSSR count). The number of aromatic hydroxyl groups is 1. The molecule has 0 radical (unpaired) electrons. The van der Waals surface area contributed by atoms with E-state index in [1.165, 1.54) is 24.5 Å². The summed E-state index contributed by atoms with van der Waals surface area (Å²) in [5, 5.41) is 13.2. The van der Waals surface area contributed by atoms with Crippen LogP contribution in [0.4, 0.5) is 0 Å². The van der Waals surface area contributed by atoms with Gasteiger partial charge in [-0.05, 0) is 36.1 Å². The Morgan fingerprint density at radius 3 is 2.60 bits per heavy atom. The number of nitrogens with one attached hydrogen (secondary N) is 1. The molecule has 8 heteroatoms. The lowest BCUT2D eigenvalue weighted by Crippen LogP contribution is -2.45. The molecule has 30 heavy (non-hydrogen) atoms. The number of rotatable bonds is 7. The molecule has 158 valence electrons. The third kappa shape index (κ3) is 4.53. The number of ether oxygens (including phenoxy) is 1. The van der Waals surface area contributed by atoms with E-state index in [1.54, 1.807) is 26.0 Å². The predicted octanol–water partition coefficient (Wildman–Crippen LogP) is 3.15. The Morgan fingerprint density at radius 2 is 1.97 bits per heavy atom. The second kappa shape index (κ2) is 8.86. The van der Waals surface area contributed by atoms with Crippen molar-refractivity contribution in [2.24, 2.45) is 5.92 Å². The summed E-state index contributed by atoms with van der Waals surface area (Å²) in [5.74, 6) is -1.28. The predicted molar refractivity (Wildman–Crippen MR) is 108 cm³/mol. The van der Waals surface area contributed by atoms with Crippen molar-refractivity contribution in [1.29, 1.82) is 0 Å². The number of amides is 1. The summed E-state index contributed by atoms with van der Waals surface area (Å²) in [5.41, 5.74) is 0.706. The number of aryl methyl sites for hydroxylation is 1. The van der Waals surface area contributed by atoms with Gasteiger partial charge >= 0.3 is 11.6 Å². The first-order valence-electron chi connectivity index (χ1n) is 9.59. The van der Waals surface area contributed by atoms with Gasteiger partial charge in [0.15, 0.2) is 5.76 Å². The van der Waals surface area contributed by atoms with Crippen LogP contribution in [0.3, 0.4) is 0 Å². The molecule has 0 bridgehead atoms. The average Bonchev–Trinajstić information content (AvgIpc) is 3.24. The van der Waals surface area contributed by atoms with Crippen LogP contribution in [0.2, 0.25) is 0 Å². The second-order valence-electron chi connectivity index (χ2n) is 7.20. The highest BCUT2D eigenvalue weighted by atomic mass is 16.5. The topological polar surface area (TPSA) is 119 Å². The van der Waals surface area contributed by atoms with E-state index in [0.717, 1.165) is 0 Å². The van der Waals surface area contributed by atoms with E-state index in [4.69, 9.17) is 13.6 Å². The van der Waals surface area contributed by atoms with Crippen LogP contribution in [0.1, 0.15) is 42.5 Å². The zero-order valence-corrected chi connectivity index (χ0v) is 16.9. The molecule has 3 aromatic rings. The van der Waals surface area contributed by atoms with Crippen LogP contribution >= 0.6 is 0 Å². The van der Waals surface area contributed by atoms with Gasteiger partial charge in [-0.25, -0.2) is 9.59 Å². The normalized spacial score (nSPS) is 12.1. The Bertz CT molecular complexity index is 1110. The number of carbonyl (C=O) groups excluding carboxylic acids is 2. The third-order valence-electron chi connectivity index (χ3n) is 4.73. The lowest BCUT2D eigenvalue weighted by molar-refractivity contribution is -0.148. The van der Waals surface area contributed by atoms with E-state index in [9.17, 15) is 19.5 Å². The van der Waals surface area contributed by atoms with Crippen LogP contribution in [0, 0.1) is 5.92 Å². The number of fused-ring (bicyclic) bond motifs is 1. The zero-order chi connectivity index (χ0) is 21.8. The van der Waals surface area contributed by atoms with Crippen molar-refractivity contribution in [3.05, 3.63) is 63.9 Å². The van der Waals surface area contributed by atoms with Gasteiger partial charge in [0, 0.05) is 23.1 Å². The molecule has 1 aromatic carbocycles. The first kappa shape index (κ1) is 21.2. The molecule has 0 unspecified atom stereocenters. The maximum atomic E-state index is 12.7. The van der Waals surface area contributed by atoms with E-state index in [0.29, 0.717) is 22.9 Å². The minimum absolute atomic E-state index is 0.0304. The summed E-state index contributed by atoms with van der Waals surface area (Å²) in [4.78, 5) is 36.8. The average molecular weight is 413 g/mol. The molecule has 0 fully saturated rings. The molecule has 2 aromatic heterocycles. The fourth-order valence-corrected chi connectivity index (χ4v) is 3.07. The molecule has 0 aliphatic rings. The highest BCUT2D eigenvalue weighted by Crippen LogP contribution is 2.27. The highest BCUT2D eigenvalue weighted by Gasteiger charge is 2.27. The van der Waals surface area contributed by atoms with Crippen molar-refractivity contribution in [1.82, 2.24) is 5.32 Å². The molecule has 0 spiro atoms. The maximum Gasteiger partial charge on any atom is 0.336 e. The van der Waals surface area contributed by atoms with Crippen LogP contribution in [0.15, 0.2) is 50.2 Å². The number of hydrogen-bond donors (Lipinski definition) is 2. The van der Waals surface area contributed by atoms with Gasteiger partial charge in [0.2, 0.25) is 0 Å². The maximum absolute atomic E-state index is 12.7. The summed E-state index contributed by atoms with van der Waals surface area (Å²) >= 11 is 0. The van der Waals surface area contributed by atoms with Crippen LogP contribution in [0.5, 0.6) is 5.75 Å². The second-order valence-corrected chi connectivity index (χ2v) is 7.20. The van der Waals surface area contributed by atoms with Crippen LogP contribution in [0.25, 0.3) is 11.0 Å². The molecule has 1 atom stereocenters. The monoisotopic (exact) mass is 413 g/mol. The molecule has 8 nitrogen and oxygen atoms in total. The number of carbonyl (C=O) groups is 2. The van der Waals surface area contributed by atoms with Crippen LogP contribution < -0.4 is 10.9 Å². The first-order chi connectivity index (χ1) is 14.3. The quantitative estimate of drug-likeness (QED) is 0.451. The fourth-order valence-electron chi connectivity index (χ4n) is 3.07. The summed E-state index contributed by atoms with van der Waals surface area (Å²) in [6.07, 6.45) is 1.94. The first-order valence-corrected chi connectivity index (χ1v) is 9.59. The number of furan rings is 1. The minimum Gasteiger partial charge on any atom is -0.508 e. The van der Waals surface area contributed by atoms with E-state index >= 15 is 0 Å². The van der Waals surface area contributed by atoms with E-state index in [1.807, 2.05) is 6.92 Å². The Labute approximate surface area is 172 Å². The molecule has 0 aliphatic heterocycles. The van der Waals surface area contributed by atoms with Gasteiger partial charge in [-0.1, -0.05) is 20.8 Å². The van der Waals surface area contributed by atoms with Gasteiger partial charge in [-0.2, -0.15) is 0 Å². The largest absolute Gasteiger partial charge is 0.508 e. The van der Waals surface area contributed by atoms with Gasteiger partial charge in [0.05, 0.1) is 6.26 Å². The van der Waals surface area contributed by atoms with Crippen molar-refractivity contribution in [2.75, 3.05) is 0 Å². The molecule has 2 N–H and O–H groups in total. The number of phenolic OH excluding ortho intramolecular Hbond substituents is 1. The van der Waals surface area contributed by atoms with Gasteiger partial charge in [-0.15, -0.1) is 0 Å². The van der Waals surface area contributed by atoms with Gasteiger partial charge in [-0.3, -0.25) is 4.79 Å². The van der Waals surface area contributed by atoms with E-state index in [-0.39, 0.29) is 29.6 Å². The minimum atomic E-state index is -0.899. The van der Waals surface area contributed by atoms with Crippen LogP contribution in [-0.4, -0.2) is 23.0 Å². The Kier molecular flexibility index (Phi) is 6.25. The number of benzene rings is 1. The Balaban J connectivity index is 1.80. The lowest BCUT2D eigenvalue weighted by atomic mass is 10.0. The molecule has 2 heterocycles. The van der Waals surface area contributed by atoms with Crippen molar-refractivity contribution < 1.29 is 28.3 Å².